The van der Waals surface area contributed by atoms with Gasteiger partial charge in [0.15, 0.2) is 17.1 Å². The molecular weight excluding hydrogens is 322 g/mol. The number of carbonyl (C=O) groups is 1. The molecule has 3 aromatic rings. The number of amides is 2. The van der Waals surface area contributed by atoms with Gasteiger partial charge in [-0.05, 0) is 30.7 Å². The molecule has 130 valence electrons. The van der Waals surface area contributed by atoms with E-state index in [1.165, 1.54) is 0 Å². The molecule has 0 saturated heterocycles. The van der Waals surface area contributed by atoms with Crippen molar-refractivity contribution in [2.45, 2.75) is 6.92 Å². The molecule has 3 N–H and O–H groups in total. The number of methoxy groups -OCH3 is 2. The third-order valence-electron chi connectivity index (χ3n) is 3.62. The van der Waals surface area contributed by atoms with E-state index in [4.69, 9.17) is 9.47 Å². The number of fused-ring (bicyclic) bond motifs is 1. The zero-order valence-electron chi connectivity index (χ0n) is 14.2. The van der Waals surface area contributed by atoms with Crippen LogP contribution in [0.15, 0.2) is 30.5 Å². The van der Waals surface area contributed by atoms with E-state index in [1.54, 1.807) is 20.4 Å². The number of aromatic amines is 1. The van der Waals surface area contributed by atoms with Crippen LogP contribution in [-0.4, -0.2) is 41.7 Å². The summed E-state index contributed by atoms with van der Waals surface area (Å²) in [5.74, 6) is 1.65. The Morgan fingerprint density at radius 2 is 1.96 bits per heavy atom. The van der Waals surface area contributed by atoms with Crippen LogP contribution in [0.2, 0.25) is 0 Å². The average molecular weight is 341 g/mol. The number of carbonyl (C=O) groups excluding carboxylic acids is 1. The van der Waals surface area contributed by atoms with Crippen molar-refractivity contribution in [3.8, 4) is 22.6 Å². The van der Waals surface area contributed by atoms with Gasteiger partial charge in [0.1, 0.15) is 0 Å². The van der Waals surface area contributed by atoms with Gasteiger partial charge >= 0.3 is 6.03 Å². The van der Waals surface area contributed by atoms with Gasteiger partial charge in [0.05, 0.1) is 19.7 Å². The van der Waals surface area contributed by atoms with Crippen LogP contribution in [0.4, 0.5) is 10.7 Å². The van der Waals surface area contributed by atoms with E-state index in [0.29, 0.717) is 29.6 Å². The molecule has 2 aromatic heterocycles. The van der Waals surface area contributed by atoms with Gasteiger partial charge in [0, 0.05) is 18.3 Å². The summed E-state index contributed by atoms with van der Waals surface area (Å²) in [6.07, 6.45) is 1.72. The number of hydrogen-bond acceptors (Lipinski definition) is 5. The number of imidazole rings is 1. The Balaban J connectivity index is 1.92. The summed E-state index contributed by atoms with van der Waals surface area (Å²) in [5, 5.41) is 5.27. The molecule has 0 atom stereocenters. The van der Waals surface area contributed by atoms with Crippen LogP contribution < -0.4 is 20.1 Å². The first-order valence-corrected chi connectivity index (χ1v) is 7.77. The highest BCUT2D eigenvalue weighted by molar-refractivity contribution is 5.89. The summed E-state index contributed by atoms with van der Waals surface area (Å²) < 4.78 is 10.6. The fourth-order valence-corrected chi connectivity index (χ4v) is 2.45. The number of anilines is 1. The number of urea groups is 1. The second-order valence-electron chi connectivity index (χ2n) is 5.23. The van der Waals surface area contributed by atoms with Gasteiger partial charge in [-0.15, -0.1) is 0 Å². The smallest absolute Gasteiger partial charge is 0.321 e. The normalized spacial score (nSPS) is 10.5. The van der Waals surface area contributed by atoms with Gasteiger partial charge < -0.3 is 19.8 Å². The number of pyridine rings is 1. The minimum absolute atomic E-state index is 0.318. The van der Waals surface area contributed by atoms with Gasteiger partial charge in [-0.2, -0.15) is 4.98 Å². The highest BCUT2D eigenvalue weighted by atomic mass is 16.5. The number of ether oxygens (including phenoxy) is 2. The Morgan fingerprint density at radius 3 is 2.68 bits per heavy atom. The minimum atomic E-state index is -0.318. The van der Waals surface area contributed by atoms with Gasteiger partial charge in [-0.1, -0.05) is 6.07 Å². The van der Waals surface area contributed by atoms with Crippen LogP contribution in [-0.2, 0) is 0 Å². The monoisotopic (exact) mass is 341 g/mol. The lowest BCUT2D eigenvalue weighted by Gasteiger charge is -2.09. The molecule has 25 heavy (non-hydrogen) atoms. The van der Waals surface area contributed by atoms with E-state index in [1.807, 2.05) is 31.2 Å². The number of H-pyrrole nitrogens is 1. The van der Waals surface area contributed by atoms with E-state index < -0.39 is 0 Å². The molecule has 0 aliphatic heterocycles. The summed E-state index contributed by atoms with van der Waals surface area (Å²) in [6, 6.07) is 7.24. The number of aromatic nitrogens is 3. The molecule has 0 radical (unpaired) electrons. The second kappa shape index (κ2) is 7.08. The maximum atomic E-state index is 11.6. The highest BCUT2D eigenvalue weighted by Crippen LogP contribution is 2.32. The van der Waals surface area contributed by atoms with Crippen molar-refractivity contribution < 1.29 is 14.3 Å². The van der Waals surface area contributed by atoms with Crippen molar-refractivity contribution in [1.82, 2.24) is 20.3 Å². The first-order valence-electron chi connectivity index (χ1n) is 7.77. The fourth-order valence-electron chi connectivity index (χ4n) is 2.45. The zero-order valence-corrected chi connectivity index (χ0v) is 14.2. The molecule has 0 fully saturated rings. The first-order chi connectivity index (χ1) is 12.1. The van der Waals surface area contributed by atoms with E-state index in [9.17, 15) is 4.79 Å². The third kappa shape index (κ3) is 3.47. The Labute approximate surface area is 144 Å². The number of nitrogens with one attached hydrogen (secondary N) is 3. The van der Waals surface area contributed by atoms with E-state index >= 15 is 0 Å². The van der Waals surface area contributed by atoms with Crippen LogP contribution >= 0.6 is 0 Å². The molecule has 8 nitrogen and oxygen atoms in total. The predicted octanol–water partition coefficient (Wildman–Crippen LogP) is 2.78. The molecule has 8 heteroatoms. The summed E-state index contributed by atoms with van der Waals surface area (Å²) in [4.78, 5) is 23.2. The van der Waals surface area contributed by atoms with Gasteiger partial charge in [0.2, 0.25) is 5.95 Å². The molecule has 0 unspecified atom stereocenters. The van der Waals surface area contributed by atoms with Crippen LogP contribution in [0.3, 0.4) is 0 Å². The second-order valence-corrected chi connectivity index (χ2v) is 5.23. The van der Waals surface area contributed by atoms with Crippen molar-refractivity contribution >= 4 is 23.1 Å². The van der Waals surface area contributed by atoms with Crippen molar-refractivity contribution in [1.29, 1.82) is 0 Å². The summed E-state index contributed by atoms with van der Waals surface area (Å²) in [5.41, 5.74) is 3.07. The molecule has 0 spiro atoms. The third-order valence-corrected chi connectivity index (χ3v) is 3.62. The maximum Gasteiger partial charge on any atom is 0.321 e. The maximum absolute atomic E-state index is 11.6. The largest absolute Gasteiger partial charge is 0.493 e. The van der Waals surface area contributed by atoms with Crippen LogP contribution in [0.5, 0.6) is 11.5 Å². The Kier molecular flexibility index (Phi) is 4.69. The molecule has 0 aliphatic rings. The standard InChI is InChI=1S/C17H19N5O3/c1-4-18-17(23)22-16-20-12-7-11(9-19-15(12)21-16)10-5-6-13(24-2)14(8-10)25-3/h5-9H,4H2,1-3H3,(H3,18,19,20,21,22,23). The molecule has 1 aromatic carbocycles. The van der Waals surface area contributed by atoms with Gasteiger partial charge in [-0.3, -0.25) is 5.32 Å². The van der Waals surface area contributed by atoms with E-state index in [2.05, 4.69) is 25.6 Å². The molecule has 3 rings (SSSR count). The van der Waals surface area contributed by atoms with E-state index in [0.717, 1.165) is 16.6 Å². The topological polar surface area (TPSA) is 101 Å². The van der Waals surface area contributed by atoms with Crippen LogP contribution in [0.1, 0.15) is 6.92 Å². The van der Waals surface area contributed by atoms with Crippen LogP contribution in [0.25, 0.3) is 22.3 Å². The Hall–Kier alpha value is -3.29. The minimum Gasteiger partial charge on any atom is -0.493 e. The van der Waals surface area contributed by atoms with Crippen molar-refractivity contribution in [2.75, 3.05) is 26.1 Å². The van der Waals surface area contributed by atoms with Gasteiger partial charge in [0.25, 0.3) is 0 Å². The Morgan fingerprint density at radius 1 is 1.16 bits per heavy atom. The lowest BCUT2D eigenvalue weighted by atomic mass is 10.1. The average Bonchev–Trinajstić information content (AvgIpc) is 3.02. The van der Waals surface area contributed by atoms with Crippen LogP contribution in [0, 0.1) is 0 Å². The lowest BCUT2D eigenvalue weighted by molar-refractivity contribution is 0.252. The predicted molar refractivity (Wildman–Crippen MR) is 95.1 cm³/mol. The SMILES string of the molecule is CCNC(=O)Nc1nc2ncc(-c3ccc(OC)c(OC)c3)cc2[nH]1. The van der Waals surface area contributed by atoms with E-state index in [-0.39, 0.29) is 6.03 Å². The molecule has 0 bridgehead atoms. The van der Waals surface area contributed by atoms with Crippen molar-refractivity contribution in [2.24, 2.45) is 0 Å². The van der Waals surface area contributed by atoms with Crippen molar-refractivity contribution in [3.05, 3.63) is 30.5 Å². The lowest BCUT2D eigenvalue weighted by Crippen LogP contribution is -2.28. The molecule has 2 heterocycles. The Bertz CT molecular complexity index is 906. The summed E-state index contributed by atoms with van der Waals surface area (Å²) in [7, 11) is 3.19. The quantitative estimate of drug-likeness (QED) is 0.662. The summed E-state index contributed by atoms with van der Waals surface area (Å²) in [6.45, 7) is 2.38. The first kappa shape index (κ1) is 16.6. The highest BCUT2D eigenvalue weighted by Gasteiger charge is 2.10. The number of nitrogens with zero attached hydrogens (tertiary/aromatic N) is 2. The molecule has 0 aliphatic carbocycles. The number of hydrogen-bond donors (Lipinski definition) is 3. The number of benzene rings is 1. The number of rotatable bonds is 5. The molecule has 0 saturated carbocycles. The summed E-state index contributed by atoms with van der Waals surface area (Å²) >= 11 is 0. The molecular formula is C17H19N5O3. The van der Waals surface area contributed by atoms with Crippen molar-refractivity contribution in [3.63, 3.8) is 0 Å². The fraction of sp³-hybridized carbons (Fsp3) is 0.235. The molecule has 2 amide bonds. The zero-order chi connectivity index (χ0) is 17.8. The van der Waals surface area contributed by atoms with Gasteiger partial charge in [-0.25, -0.2) is 9.78 Å².